The number of hydrogen-bond donors (Lipinski definition) is 3. The highest BCUT2D eigenvalue weighted by atomic mass is 16.7. The van der Waals surface area contributed by atoms with E-state index < -0.39 is 36.3 Å². The first-order valence-corrected chi connectivity index (χ1v) is 20.5. The van der Waals surface area contributed by atoms with Gasteiger partial charge < -0.3 is 53.2 Å². The average Bonchev–Trinajstić information content (AvgIpc) is 3.62. The van der Waals surface area contributed by atoms with E-state index in [0.717, 1.165) is 49.7 Å². The number of aliphatic hydroxyl groups excluding tert-OH is 3. The second kappa shape index (κ2) is 15.9. The third-order valence-corrected chi connectivity index (χ3v) is 13.8. The third kappa shape index (κ3) is 7.99. The van der Waals surface area contributed by atoms with Gasteiger partial charge in [-0.25, -0.2) is 0 Å². The van der Waals surface area contributed by atoms with E-state index in [4.69, 9.17) is 37.9 Å². The van der Waals surface area contributed by atoms with E-state index in [-0.39, 0.29) is 105 Å². The number of ether oxygens (including phenoxy) is 8. The first kappa shape index (κ1) is 38.6. The molecule has 298 valence electrons. The van der Waals surface area contributed by atoms with Crippen LogP contribution in [0.5, 0.6) is 0 Å². The molecule has 0 aliphatic carbocycles. The molecule has 12 nitrogen and oxygen atoms in total. The number of carbonyl (C=O) groups is 1. The van der Waals surface area contributed by atoms with Crippen LogP contribution in [0.4, 0.5) is 0 Å². The molecule has 8 heterocycles. The van der Waals surface area contributed by atoms with Crippen LogP contribution in [0.2, 0.25) is 0 Å². The van der Waals surface area contributed by atoms with Crippen molar-refractivity contribution >= 4 is 5.78 Å². The van der Waals surface area contributed by atoms with Crippen LogP contribution >= 0.6 is 0 Å². The highest BCUT2D eigenvalue weighted by Gasteiger charge is 2.57. The normalized spacial score (nSPS) is 49.9. The number of carbonyl (C=O) groups excluding carboxylic acids is 1. The Labute approximate surface area is 313 Å². The number of Topliss-reactive ketones (excluding diaryl/α,β-unsaturated/α-hetero) is 1. The number of ketones is 1. The van der Waals surface area contributed by atoms with E-state index in [1.165, 1.54) is 0 Å². The highest BCUT2D eigenvalue weighted by molar-refractivity contribution is 5.79. The van der Waals surface area contributed by atoms with Crippen molar-refractivity contribution in [1.82, 2.24) is 0 Å². The average molecular weight is 747 g/mol. The lowest BCUT2D eigenvalue weighted by Gasteiger charge is -2.46. The smallest absolute Gasteiger partial charge is 0.169 e. The molecule has 18 atom stereocenters. The minimum Gasteiger partial charge on any atom is -0.394 e. The van der Waals surface area contributed by atoms with Gasteiger partial charge in [0.05, 0.1) is 86.0 Å². The van der Waals surface area contributed by atoms with Crippen LogP contribution < -0.4 is 0 Å². The summed E-state index contributed by atoms with van der Waals surface area (Å²) in [6.45, 7) is 10.7. The lowest BCUT2D eigenvalue weighted by Crippen LogP contribution is -2.56. The summed E-state index contributed by atoms with van der Waals surface area (Å²) in [5.74, 6) is -0.823. The Morgan fingerprint density at radius 1 is 0.792 bits per heavy atom. The molecule has 8 rings (SSSR count). The molecule has 8 aliphatic heterocycles. The molecule has 0 aromatic heterocycles. The fraction of sp³-hybridized carbons (Fsp3) is 0.878. The molecule has 0 aromatic rings. The fourth-order valence-corrected chi connectivity index (χ4v) is 11.0. The summed E-state index contributed by atoms with van der Waals surface area (Å²) in [5.41, 5.74) is 2.14. The second-order valence-corrected chi connectivity index (χ2v) is 17.5. The maximum Gasteiger partial charge on any atom is 0.169 e. The zero-order valence-electron chi connectivity index (χ0n) is 31.6. The summed E-state index contributed by atoms with van der Waals surface area (Å²) in [6.07, 6.45) is 4.00. The van der Waals surface area contributed by atoms with E-state index in [9.17, 15) is 20.1 Å². The standard InChI is InChI=1S/C41H62O12/c1-21-13-26-5-7-31-22(2)14-28(47-31)9-11-41-12-10-30(45)39(53-41)36-19-37(52-41)40-32(50-36)8-6-27(49-40)15-24(43)16-29-34(18-33(48-26)23(21)3)51-35(38(29)46-4)17-25(44)20-42/h21,25-40,42,44-45H,2-3,5-20H2,1,4H3/t21-,25?,26?,27?,28?,29?,30-,31?,32+,33?,34+,35-,36-,37?,38-,39?,40?,41?/m1/s1. The van der Waals surface area contributed by atoms with Gasteiger partial charge in [0.2, 0.25) is 0 Å². The number of methoxy groups -OCH3 is 1. The summed E-state index contributed by atoms with van der Waals surface area (Å²) in [6, 6.07) is 0. The molecular weight excluding hydrogens is 684 g/mol. The van der Waals surface area contributed by atoms with Crippen molar-refractivity contribution in [3.63, 3.8) is 0 Å². The molecule has 11 unspecified atom stereocenters. The number of rotatable bonds is 4. The van der Waals surface area contributed by atoms with Crippen molar-refractivity contribution in [1.29, 1.82) is 0 Å². The van der Waals surface area contributed by atoms with E-state index in [1.54, 1.807) is 7.11 Å². The van der Waals surface area contributed by atoms with Gasteiger partial charge in [-0.1, -0.05) is 20.1 Å². The Kier molecular flexibility index (Phi) is 11.6. The molecule has 12 heteroatoms. The lowest BCUT2D eigenvalue weighted by molar-refractivity contribution is -0.313. The van der Waals surface area contributed by atoms with Crippen LogP contribution in [-0.2, 0) is 42.7 Å². The molecule has 10 bridgehead atoms. The van der Waals surface area contributed by atoms with Gasteiger partial charge in [-0.05, 0) is 68.4 Å². The molecule has 8 fully saturated rings. The first-order valence-electron chi connectivity index (χ1n) is 20.5. The molecule has 8 aliphatic rings. The largest absolute Gasteiger partial charge is 0.394 e. The van der Waals surface area contributed by atoms with Crippen molar-refractivity contribution in [3.8, 4) is 0 Å². The topological polar surface area (TPSA) is 152 Å². The predicted molar refractivity (Wildman–Crippen MR) is 191 cm³/mol. The zero-order valence-corrected chi connectivity index (χ0v) is 31.6. The Morgan fingerprint density at radius 3 is 2.38 bits per heavy atom. The Bertz CT molecular complexity index is 1340. The van der Waals surface area contributed by atoms with Crippen LogP contribution in [0, 0.1) is 11.8 Å². The molecular formula is C41H62O12. The first-order chi connectivity index (χ1) is 25.5. The quantitative estimate of drug-likeness (QED) is 0.359. The van der Waals surface area contributed by atoms with Crippen molar-refractivity contribution in [3.05, 3.63) is 24.3 Å². The Balaban J connectivity index is 1.07. The second-order valence-electron chi connectivity index (χ2n) is 17.5. The minimum atomic E-state index is -0.958. The minimum absolute atomic E-state index is 0.00591. The monoisotopic (exact) mass is 746 g/mol. The van der Waals surface area contributed by atoms with Gasteiger partial charge >= 0.3 is 0 Å². The van der Waals surface area contributed by atoms with Crippen molar-refractivity contribution in [2.45, 2.75) is 201 Å². The van der Waals surface area contributed by atoms with Crippen LogP contribution in [0.1, 0.15) is 103 Å². The van der Waals surface area contributed by atoms with Crippen molar-refractivity contribution in [2.75, 3.05) is 13.7 Å². The van der Waals surface area contributed by atoms with Crippen LogP contribution in [0.15, 0.2) is 24.3 Å². The number of fused-ring (bicyclic) bond motifs is 9. The lowest BCUT2D eigenvalue weighted by atomic mass is 9.81. The SMILES string of the molecule is C=C1CC2CCC34CC[C@@H](O)C(O3)[C@H]3CC(O4)C4OC(CC[C@@H]4O3)CC(=O)CC3[C@H](CC4OC(CCC1O2)C[C@@H](C)C4=C)O[C@H](CC(O)CO)[C@@H]3OC. The van der Waals surface area contributed by atoms with Crippen molar-refractivity contribution in [2.24, 2.45) is 11.8 Å². The van der Waals surface area contributed by atoms with Gasteiger partial charge in [0.25, 0.3) is 0 Å². The molecule has 0 amide bonds. The molecule has 0 aromatic carbocycles. The number of hydrogen-bond acceptors (Lipinski definition) is 12. The molecule has 1 spiro atoms. The van der Waals surface area contributed by atoms with E-state index >= 15 is 0 Å². The van der Waals surface area contributed by atoms with Gasteiger partial charge in [0.1, 0.15) is 18.0 Å². The highest BCUT2D eigenvalue weighted by Crippen LogP contribution is 2.48. The summed E-state index contributed by atoms with van der Waals surface area (Å²) < 4.78 is 53.1. The van der Waals surface area contributed by atoms with Gasteiger partial charge in [-0.15, -0.1) is 0 Å². The summed E-state index contributed by atoms with van der Waals surface area (Å²) >= 11 is 0. The number of aliphatic hydroxyl groups is 3. The van der Waals surface area contributed by atoms with Gasteiger partial charge in [0, 0.05) is 58.0 Å². The van der Waals surface area contributed by atoms with Crippen LogP contribution in [-0.4, -0.2) is 132 Å². The van der Waals surface area contributed by atoms with Crippen LogP contribution in [0.3, 0.4) is 0 Å². The summed E-state index contributed by atoms with van der Waals surface area (Å²) in [4.78, 5) is 14.0. The third-order valence-electron chi connectivity index (χ3n) is 13.8. The molecule has 0 radical (unpaired) electrons. The molecule has 0 saturated carbocycles. The summed E-state index contributed by atoms with van der Waals surface area (Å²) in [5, 5.41) is 31.2. The Hall–Kier alpha value is -1.29. The predicted octanol–water partition coefficient (Wildman–Crippen LogP) is 3.85. The molecule has 3 N–H and O–H groups in total. The van der Waals surface area contributed by atoms with E-state index in [1.807, 2.05) is 0 Å². The molecule has 53 heavy (non-hydrogen) atoms. The van der Waals surface area contributed by atoms with Gasteiger partial charge in [-0.2, -0.15) is 0 Å². The van der Waals surface area contributed by atoms with E-state index in [0.29, 0.717) is 38.5 Å². The van der Waals surface area contributed by atoms with Crippen molar-refractivity contribution < 1.29 is 58.0 Å². The maximum atomic E-state index is 14.0. The van der Waals surface area contributed by atoms with E-state index in [2.05, 4.69) is 20.1 Å². The van der Waals surface area contributed by atoms with Crippen LogP contribution in [0.25, 0.3) is 0 Å². The zero-order chi connectivity index (χ0) is 37.0. The maximum absolute atomic E-state index is 14.0. The van der Waals surface area contributed by atoms with Gasteiger partial charge in [-0.3, -0.25) is 4.79 Å². The van der Waals surface area contributed by atoms with Gasteiger partial charge in [0.15, 0.2) is 5.79 Å². The fourth-order valence-electron chi connectivity index (χ4n) is 11.0. The summed E-state index contributed by atoms with van der Waals surface area (Å²) in [7, 11) is 1.62. The Morgan fingerprint density at radius 2 is 1.57 bits per heavy atom. The molecule has 8 saturated heterocycles.